The first kappa shape index (κ1) is 14.0. The van der Waals surface area contributed by atoms with Crippen LogP contribution in [0.15, 0.2) is 18.2 Å². The van der Waals surface area contributed by atoms with Crippen molar-refractivity contribution in [2.24, 2.45) is 0 Å². The molecule has 0 aliphatic rings. The average Bonchev–Trinajstić information content (AvgIpc) is 2.29. The van der Waals surface area contributed by atoms with Gasteiger partial charge in [-0.1, -0.05) is 6.07 Å². The topological polar surface area (TPSA) is 63.0 Å². The number of aromatic nitrogens is 1. The van der Waals surface area contributed by atoms with E-state index < -0.39 is 23.8 Å². The van der Waals surface area contributed by atoms with Crippen LogP contribution in [0.25, 0.3) is 0 Å². The number of halogens is 3. The number of alkyl halides is 3. The second-order valence-corrected chi connectivity index (χ2v) is 3.26. The van der Waals surface area contributed by atoms with Gasteiger partial charge in [-0.05, 0) is 19.1 Å². The van der Waals surface area contributed by atoms with Crippen LogP contribution < -0.4 is 0 Å². The number of carbonyl (C=O) groups is 1. The molecule has 1 atom stereocenters. The van der Waals surface area contributed by atoms with Gasteiger partial charge in [0, 0.05) is 0 Å². The van der Waals surface area contributed by atoms with E-state index in [0.29, 0.717) is 0 Å². The smallest absolute Gasteiger partial charge is 0.433 e. The Bertz CT molecular complexity index is 480. The normalized spacial score (nSPS) is 12.6. The van der Waals surface area contributed by atoms with Crippen LogP contribution in [-0.4, -0.2) is 17.6 Å². The summed E-state index contributed by atoms with van der Waals surface area (Å²) >= 11 is 0. The van der Waals surface area contributed by atoms with Gasteiger partial charge in [-0.15, -0.1) is 0 Å². The highest BCUT2D eigenvalue weighted by atomic mass is 19.4. The molecule has 0 spiro atoms. The van der Waals surface area contributed by atoms with Crippen molar-refractivity contribution in [3.05, 3.63) is 29.6 Å². The maximum Gasteiger partial charge on any atom is 0.433 e. The number of carbonyl (C=O) groups excluding carboxylic acids is 1. The third-order valence-electron chi connectivity index (χ3n) is 2.01. The predicted molar refractivity (Wildman–Crippen MR) is 54.2 cm³/mol. The Kier molecular flexibility index (Phi) is 4.26. The minimum absolute atomic E-state index is 0.0377. The second kappa shape index (κ2) is 5.49. The highest BCUT2D eigenvalue weighted by Crippen LogP contribution is 2.28. The highest BCUT2D eigenvalue weighted by molar-refractivity contribution is 5.80. The summed E-state index contributed by atoms with van der Waals surface area (Å²) in [5.41, 5.74) is -1.42. The van der Waals surface area contributed by atoms with E-state index in [9.17, 15) is 18.0 Å². The molecule has 0 radical (unpaired) electrons. The van der Waals surface area contributed by atoms with E-state index in [4.69, 9.17) is 5.26 Å². The number of esters is 1. The summed E-state index contributed by atoms with van der Waals surface area (Å²) in [6.45, 7) is 1.57. The first-order valence-corrected chi connectivity index (χ1v) is 5.00. The van der Waals surface area contributed by atoms with E-state index in [1.165, 1.54) is 13.0 Å². The van der Waals surface area contributed by atoms with E-state index in [1.54, 1.807) is 6.07 Å². The number of hydrogen-bond donors (Lipinski definition) is 0. The standard InChI is InChI=1S/C11H9F3N2O2/c1-2-18-10(17)7(6-15)8-4-3-5-9(16-8)11(12,13)14/h3-5,7H,2H2,1H3/t7-/m0/s1. The Balaban J connectivity index is 3.09. The Morgan fingerprint density at radius 1 is 1.56 bits per heavy atom. The minimum Gasteiger partial charge on any atom is -0.465 e. The Labute approximate surface area is 101 Å². The first-order chi connectivity index (χ1) is 8.40. The molecule has 96 valence electrons. The maximum atomic E-state index is 12.4. The van der Waals surface area contributed by atoms with Gasteiger partial charge in [0.25, 0.3) is 0 Å². The lowest BCUT2D eigenvalue weighted by molar-refractivity contribution is -0.145. The van der Waals surface area contributed by atoms with Crippen molar-refractivity contribution >= 4 is 5.97 Å². The van der Waals surface area contributed by atoms with Gasteiger partial charge in [-0.25, -0.2) is 4.98 Å². The van der Waals surface area contributed by atoms with Crippen molar-refractivity contribution in [1.29, 1.82) is 5.26 Å². The van der Waals surface area contributed by atoms with E-state index >= 15 is 0 Å². The van der Waals surface area contributed by atoms with Crippen molar-refractivity contribution in [1.82, 2.24) is 4.98 Å². The first-order valence-electron chi connectivity index (χ1n) is 5.00. The SMILES string of the molecule is CCOC(=O)[C@@H](C#N)c1cccc(C(F)(F)F)n1. The zero-order valence-electron chi connectivity index (χ0n) is 9.36. The molecule has 0 amide bonds. The summed E-state index contributed by atoms with van der Waals surface area (Å²) in [5.74, 6) is -2.36. The zero-order valence-corrected chi connectivity index (χ0v) is 9.36. The van der Waals surface area contributed by atoms with Crippen molar-refractivity contribution in [3.8, 4) is 6.07 Å². The number of ether oxygens (including phenoxy) is 1. The van der Waals surface area contributed by atoms with E-state index in [2.05, 4.69) is 9.72 Å². The summed E-state index contributed by atoms with van der Waals surface area (Å²) in [4.78, 5) is 14.6. The van der Waals surface area contributed by atoms with Gasteiger partial charge in [-0.2, -0.15) is 18.4 Å². The number of hydrogen-bond acceptors (Lipinski definition) is 4. The van der Waals surface area contributed by atoms with Crippen LogP contribution in [0.1, 0.15) is 24.2 Å². The molecular weight excluding hydrogens is 249 g/mol. The molecule has 0 bridgehead atoms. The molecule has 0 saturated heterocycles. The fraction of sp³-hybridized carbons (Fsp3) is 0.364. The summed E-state index contributed by atoms with van der Waals surface area (Å²) < 4.78 is 41.9. The molecule has 0 aromatic carbocycles. The molecule has 18 heavy (non-hydrogen) atoms. The minimum atomic E-state index is -4.62. The van der Waals surface area contributed by atoms with Gasteiger partial charge in [0.1, 0.15) is 5.69 Å². The molecule has 0 fully saturated rings. The summed E-state index contributed by atoms with van der Waals surface area (Å²) in [7, 11) is 0. The van der Waals surface area contributed by atoms with Crippen LogP contribution in [0.3, 0.4) is 0 Å². The molecule has 1 rings (SSSR count). The fourth-order valence-electron chi connectivity index (χ4n) is 1.24. The van der Waals surface area contributed by atoms with Gasteiger partial charge in [0.15, 0.2) is 5.92 Å². The Morgan fingerprint density at radius 2 is 2.22 bits per heavy atom. The van der Waals surface area contributed by atoms with Gasteiger partial charge in [-0.3, -0.25) is 4.79 Å². The molecule has 1 aromatic heterocycles. The van der Waals surface area contributed by atoms with Crippen LogP contribution in [0.2, 0.25) is 0 Å². The van der Waals surface area contributed by atoms with Crippen LogP contribution >= 0.6 is 0 Å². The maximum absolute atomic E-state index is 12.4. The van der Waals surface area contributed by atoms with Crippen molar-refractivity contribution < 1.29 is 22.7 Å². The lowest BCUT2D eigenvalue weighted by Gasteiger charge is -2.10. The molecule has 0 aliphatic carbocycles. The molecule has 0 unspecified atom stereocenters. The molecule has 4 nitrogen and oxygen atoms in total. The third kappa shape index (κ3) is 3.20. The molecule has 0 aliphatic heterocycles. The molecule has 7 heteroatoms. The number of rotatable bonds is 3. The Morgan fingerprint density at radius 3 is 2.72 bits per heavy atom. The third-order valence-corrected chi connectivity index (χ3v) is 2.01. The quantitative estimate of drug-likeness (QED) is 0.780. The van der Waals surface area contributed by atoms with Gasteiger partial charge in [0.05, 0.1) is 18.4 Å². The fourth-order valence-corrected chi connectivity index (χ4v) is 1.24. The molecule has 1 heterocycles. The van der Waals surface area contributed by atoms with E-state index in [0.717, 1.165) is 12.1 Å². The highest BCUT2D eigenvalue weighted by Gasteiger charge is 2.34. The molecular formula is C11H9F3N2O2. The van der Waals surface area contributed by atoms with Crippen LogP contribution in [0, 0.1) is 11.3 Å². The second-order valence-electron chi connectivity index (χ2n) is 3.26. The molecule has 0 N–H and O–H groups in total. The molecule has 1 aromatic rings. The summed E-state index contributed by atoms with van der Waals surface area (Å²) in [5, 5.41) is 8.80. The van der Waals surface area contributed by atoms with Gasteiger partial charge >= 0.3 is 12.1 Å². The van der Waals surface area contributed by atoms with Crippen LogP contribution in [-0.2, 0) is 15.7 Å². The lowest BCUT2D eigenvalue weighted by atomic mass is 10.1. The predicted octanol–water partition coefficient (Wildman–Crippen LogP) is 2.27. The zero-order chi connectivity index (χ0) is 13.8. The van der Waals surface area contributed by atoms with E-state index in [1.807, 2.05) is 0 Å². The van der Waals surface area contributed by atoms with E-state index in [-0.39, 0.29) is 12.3 Å². The average molecular weight is 258 g/mol. The van der Waals surface area contributed by atoms with Gasteiger partial charge < -0.3 is 4.74 Å². The van der Waals surface area contributed by atoms with Crippen LogP contribution in [0.5, 0.6) is 0 Å². The number of nitrogens with zero attached hydrogens (tertiary/aromatic N) is 2. The Hall–Kier alpha value is -2.10. The van der Waals surface area contributed by atoms with Gasteiger partial charge in [0.2, 0.25) is 0 Å². The number of pyridine rings is 1. The monoisotopic (exact) mass is 258 g/mol. The van der Waals surface area contributed by atoms with Crippen molar-refractivity contribution in [2.75, 3.05) is 6.61 Å². The van der Waals surface area contributed by atoms with Crippen LogP contribution in [0.4, 0.5) is 13.2 Å². The van der Waals surface area contributed by atoms with Crippen molar-refractivity contribution in [2.45, 2.75) is 19.0 Å². The molecule has 0 saturated carbocycles. The summed E-state index contributed by atoms with van der Waals surface area (Å²) in [6, 6.07) is 4.62. The largest absolute Gasteiger partial charge is 0.465 e. The summed E-state index contributed by atoms with van der Waals surface area (Å²) in [6.07, 6.45) is -4.62. The lowest BCUT2D eigenvalue weighted by Crippen LogP contribution is -2.17. The van der Waals surface area contributed by atoms with Crippen molar-refractivity contribution in [3.63, 3.8) is 0 Å². The number of nitriles is 1.